The molecule has 0 N–H and O–H groups in total. The molecule has 5 rings (SSSR count). The molecule has 0 aliphatic carbocycles. The minimum atomic E-state index is -0.934. The molecule has 30 heavy (non-hydrogen) atoms. The molecule has 0 aromatic heterocycles. The lowest BCUT2D eigenvalue weighted by atomic mass is 10.0. The minimum Gasteiger partial charge on any atom is -0.279 e. The number of rotatable bonds is 2. The number of fused-ring (bicyclic) bond motifs is 3. The highest BCUT2D eigenvalue weighted by molar-refractivity contribution is 6.23. The van der Waals surface area contributed by atoms with E-state index in [1.54, 1.807) is 36.1 Å². The standard InChI is InChI=1S/C25H20N2O3/c1-16(26-24(29)19-10-4-5-11-20(19)25(26)30)23(28)27-21-12-6-2-8-17(21)14-15-18-9-3-7-13-22(18)27/h2-13,16H,14-15H2,1H3/t16-/m0/s1. The monoisotopic (exact) mass is 396 g/mol. The SMILES string of the molecule is C[C@@H](C(=O)N1c2ccccc2CCc2ccccc21)N1C(=O)c2ccccc2C1=O. The number of carbonyl (C=O) groups is 3. The molecule has 3 aromatic rings. The zero-order chi connectivity index (χ0) is 20.8. The van der Waals surface area contributed by atoms with Gasteiger partial charge in [0.15, 0.2) is 0 Å². The second kappa shape index (κ2) is 6.95. The minimum absolute atomic E-state index is 0.300. The zero-order valence-corrected chi connectivity index (χ0v) is 16.5. The van der Waals surface area contributed by atoms with Crippen molar-refractivity contribution >= 4 is 29.1 Å². The van der Waals surface area contributed by atoms with Crippen molar-refractivity contribution < 1.29 is 14.4 Å². The Bertz CT molecular complexity index is 1120. The van der Waals surface area contributed by atoms with Crippen LogP contribution in [0.5, 0.6) is 0 Å². The number of carbonyl (C=O) groups excluding carboxylic acids is 3. The largest absolute Gasteiger partial charge is 0.279 e. The number of imide groups is 1. The highest BCUT2D eigenvalue weighted by Gasteiger charge is 2.42. The lowest BCUT2D eigenvalue weighted by Gasteiger charge is -2.30. The molecule has 0 saturated heterocycles. The fraction of sp³-hybridized carbons (Fsp3) is 0.160. The van der Waals surface area contributed by atoms with Gasteiger partial charge in [-0.05, 0) is 55.2 Å². The lowest BCUT2D eigenvalue weighted by Crippen LogP contribution is -2.48. The average Bonchev–Trinajstić information content (AvgIpc) is 2.93. The Labute approximate surface area is 174 Å². The predicted octanol–water partition coefficient (Wildman–Crippen LogP) is 4.13. The summed E-state index contributed by atoms with van der Waals surface area (Å²) in [6.45, 7) is 1.63. The third-order valence-corrected chi connectivity index (χ3v) is 5.92. The van der Waals surface area contributed by atoms with Crippen LogP contribution in [0.3, 0.4) is 0 Å². The van der Waals surface area contributed by atoms with Gasteiger partial charge in [-0.3, -0.25) is 24.2 Å². The molecule has 0 spiro atoms. The van der Waals surface area contributed by atoms with E-state index >= 15 is 0 Å². The summed E-state index contributed by atoms with van der Waals surface area (Å²) in [5, 5.41) is 0. The predicted molar refractivity (Wildman–Crippen MR) is 114 cm³/mol. The Kier molecular flexibility index (Phi) is 4.24. The molecule has 3 aromatic carbocycles. The van der Waals surface area contributed by atoms with Crippen LogP contribution in [0.2, 0.25) is 0 Å². The number of hydrogen-bond acceptors (Lipinski definition) is 3. The fourth-order valence-electron chi connectivity index (χ4n) is 4.37. The first-order chi connectivity index (χ1) is 14.6. The van der Waals surface area contributed by atoms with Crippen molar-refractivity contribution in [3.05, 3.63) is 95.1 Å². The topological polar surface area (TPSA) is 57.7 Å². The Hall–Kier alpha value is -3.73. The Morgan fingerprint density at radius 2 is 1.17 bits per heavy atom. The highest BCUT2D eigenvalue weighted by atomic mass is 16.2. The van der Waals surface area contributed by atoms with Gasteiger partial charge in [-0.25, -0.2) is 0 Å². The normalized spacial score (nSPS) is 15.9. The van der Waals surface area contributed by atoms with Crippen molar-refractivity contribution in [2.24, 2.45) is 0 Å². The summed E-state index contributed by atoms with van der Waals surface area (Å²) in [4.78, 5) is 42.4. The molecule has 2 aliphatic heterocycles. The number of anilines is 2. The van der Waals surface area contributed by atoms with E-state index in [1.807, 2.05) is 48.5 Å². The first kappa shape index (κ1) is 18.3. The third-order valence-electron chi connectivity index (χ3n) is 5.92. The van der Waals surface area contributed by atoms with Gasteiger partial charge in [0, 0.05) is 0 Å². The lowest BCUT2D eigenvalue weighted by molar-refractivity contribution is -0.121. The maximum atomic E-state index is 13.8. The fourth-order valence-corrected chi connectivity index (χ4v) is 4.37. The Morgan fingerprint density at radius 1 is 0.733 bits per heavy atom. The van der Waals surface area contributed by atoms with Crippen LogP contribution in [-0.4, -0.2) is 28.7 Å². The molecule has 1 atom stereocenters. The van der Waals surface area contributed by atoms with Crippen molar-refractivity contribution in [2.75, 3.05) is 4.90 Å². The molecule has 5 nitrogen and oxygen atoms in total. The van der Waals surface area contributed by atoms with Crippen molar-refractivity contribution in [1.82, 2.24) is 4.90 Å². The summed E-state index contributed by atoms with van der Waals surface area (Å²) in [6, 6.07) is 21.4. The molecule has 0 bridgehead atoms. The number of amides is 3. The molecule has 0 saturated carbocycles. The van der Waals surface area contributed by atoms with Crippen LogP contribution in [0, 0.1) is 0 Å². The third kappa shape index (κ3) is 2.66. The van der Waals surface area contributed by atoms with Crippen LogP contribution in [0.15, 0.2) is 72.8 Å². The molecule has 0 radical (unpaired) electrons. The first-order valence-corrected chi connectivity index (χ1v) is 10.0. The van der Waals surface area contributed by atoms with Gasteiger partial charge in [0.1, 0.15) is 6.04 Å². The summed E-state index contributed by atoms with van der Waals surface area (Å²) < 4.78 is 0. The van der Waals surface area contributed by atoms with E-state index in [1.165, 1.54) is 0 Å². The van der Waals surface area contributed by atoms with Crippen LogP contribution in [0.4, 0.5) is 11.4 Å². The van der Waals surface area contributed by atoms with Crippen LogP contribution >= 0.6 is 0 Å². The van der Waals surface area contributed by atoms with Gasteiger partial charge in [-0.2, -0.15) is 0 Å². The van der Waals surface area contributed by atoms with Crippen LogP contribution in [0.25, 0.3) is 0 Å². The van der Waals surface area contributed by atoms with Gasteiger partial charge in [0.2, 0.25) is 0 Å². The Morgan fingerprint density at radius 3 is 1.67 bits per heavy atom. The molecule has 148 valence electrons. The molecule has 0 fully saturated rings. The molecule has 0 unspecified atom stereocenters. The number of hydrogen-bond donors (Lipinski definition) is 0. The summed E-state index contributed by atoms with van der Waals surface area (Å²) in [7, 11) is 0. The van der Waals surface area contributed by atoms with E-state index < -0.39 is 17.9 Å². The summed E-state index contributed by atoms with van der Waals surface area (Å²) >= 11 is 0. The van der Waals surface area contributed by atoms with Crippen LogP contribution < -0.4 is 4.90 Å². The van der Waals surface area contributed by atoms with Gasteiger partial charge in [-0.1, -0.05) is 48.5 Å². The molecular formula is C25H20N2O3. The Balaban J connectivity index is 1.59. The molecule has 3 amide bonds. The van der Waals surface area contributed by atoms with Crippen molar-refractivity contribution in [1.29, 1.82) is 0 Å². The maximum Gasteiger partial charge on any atom is 0.262 e. The van der Waals surface area contributed by atoms with Crippen LogP contribution in [-0.2, 0) is 17.6 Å². The number of aryl methyl sites for hydroxylation is 2. The number of benzene rings is 3. The molecular weight excluding hydrogens is 376 g/mol. The molecule has 2 heterocycles. The van der Waals surface area contributed by atoms with E-state index in [-0.39, 0.29) is 5.91 Å². The second-order valence-corrected chi connectivity index (χ2v) is 7.63. The van der Waals surface area contributed by atoms with E-state index in [9.17, 15) is 14.4 Å². The van der Waals surface area contributed by atoms with E-state index in [0.717, 1.165) is 40.2 Å². The summed E-state index contributed by atoms with van der Waals surface area (Å²) in [5.41, 5.74) is 4.43. The first-order valence-electron chi connectivity index (χ1n) is 10.0. The van der Waals surface area contributed by atoms with E-state index in [0.29, 0.717) is 11.1 Å². The van der Waals surface area contributed by atoms with Crippen molar-refractivity contribution in [3.8, 4) is 0 Å². The zero-order valence-electron chi connectivity index (χ0n) is 16.5. The van der Waals surface area contributed by atoms with E-state index in [4.69, 9.17) is 0 Å². The summed E-state index contributed by atoms with van der Waals surface area (Å²) in [6.07, 6.45) is 1.64. The highest BCUT2D eigenvalue weighted by Crippen LogP contribution is 2.37. The summed E-state index contributed by atoms with van der Waals surface area (Å²) in [5.74, 6) is -1.15. The van der Waals surface area contributed by atoms with Gasteiger partial charge < -0.3 is 0 Å². The quantitative estimate of drug-likeness (QED) is 0.612. The van der Waals surface area contributed by atoms with Gasteiger partial charge in [-0.15, -0.1) is 0 Å². The van der Waals surface area contributed by atoms with E-state index in [2.05, 4.69) is 0 Å². The van der Waals surface area contributed by atoms with Crippen LogP contribution in [0.1, 0.15) is 38.8 Å². The van der Waals surface area contributed by atoms with Crippen molar-refractivity contribution in [3.63, 3.8) is 0 Å². The maximum absolute atomic E-state index is 13.8. The molecule has 5 heteroatoms. The van der Waals surface area contributed by atoms with Gasteiger partial charge in [0.05, 0.1) is 22.5 Å². The van der Waals surface area contributed by atoms with Gasteiger partial charge >= 0.3 is 0 Å². The smallest absolute Gasteiger partial charge is 0.262 e. The number of nitrogens with zero attached hydrogens (tertiary/aromatic N) is 2. The number of para-hydroxylation sites is 2. The average molecular weight is 396 g/mol. The molecule has 2 aliphatic rings. The van der Waals surface area contributed by atoms with Crippen molar-refractivity contribution in [2.45, 2.75) is 25.8 Å². The van der Waals surface area contributed by atoms with Gasteiger partial charge in [0.25, 0.3) is 17.7 Å². The second-order valence-electron chi connectivity index (χ2n) is 7.63.